The molecule has 0 unspecified atom stereocenters. The molecule has 0 spiro atoms. The van der Waals surface area contributed by atoms with Gasteiger partial charge < -0.3 is 9.47 Å². The molecule has 0 N–H and O–H groups in total. The van der Waals surface area contributed by atoms with Crippen LogP contribution in [0.3, 0.4) is 0 Å². The number of nitro benzene ring substituents is 1. The topological polar surface area (TPSA) is 87.4 Å². The molecule has 104 valence electrons. The Balaban J connectivity index is 2.16. The summed E-state index contributed by atoms with van der Waals surface area (Å²) >= 11 is 5.61. The predicted molar refractivity (Wildman–Crippen MR) is 71.0 cm³/mol. The molecule has 0 atom stereocenters. The van der Waals surface area contributed by atoms with Gasteiger partial charge in [-0.25, -0.2) is 4.98 Å². The molecule has 2 aromatic rings. The molecular formula is C12H10ClN3O4. The average molecular weight is 296 g/mol. The molecule has 0 aliphatic heterocycles. The van der Waals surface area contributed by atoms with E-state index in [1.54, 1.807) is 6.07 Å². The molecule has 0 aliphatic carbocycles. The van der Waals surface area contributed by atoms with Crippen LogP contribution < -0.4 is 9.47 Å². The third-order valence-electron chi connectivity index (χ3n) is 2.41. The van der Waals surface area contributed by atoms with E-state index in [4.69, 9.17) is 21.1 Å². The average Bonchev–Trinajstić information content (AvgIpc) is 2.46. The number of hydrogen-bond donors (Lipinski definition) is 0. The lowest BCUT2D eigenvalue weighted by Crippen LogP contribution is -2.01. The van der Waals surface area contributed by atoms with Gasteiger partial charge in [0.1, 0.15) is 17.5 Å². The first-order valence-electron chi connectivity index (χ1n) is 5.52. The summed E-state index contributed by atoms with van der Waals surface area (Å²) in [6.45, 7) is 0.0529. The molecule has 7 nitrogen and oxygen atoms in total. The van der Waals surface area contributed by atoms with Crippen molar-refractivity contribution >= 4 is 17.3 Å². The van der Waals surface area contributed by atoms with Crippen molar-refractivity contribution in [2.45, 2.75) is 6.61 Å². The number of hydrogen-bond acceptors (Lipinski definition) is 6. The first-order chi connectivity index (χ1) is 9.60. The van der Waals surface area contributed by atoms with Crippen LogP contribution in [0.25, 0.3) is 0 Å². The van der Waals surface area contributed by atoms with Crippen LogP contribution in [0, 0.1) is 10.1 Å². The van der Waals surface area contributed by atoms with E-state index in [0.29, 0.717) is 11.4 Å². The van der Waals surface area contributed by atoms with Crippen molar-refractivity contribution in [3.05, 3.63) is 51.6 Å². The molecule has 1 heterocycles. The number of benzene rings is 1. The second-order valence-corrected chi connectivity index (χ2v) is 4.10. The van der Waals surface area contributed by atoms with Gasteiger partial charge in [0, 0.05) is 0 Å². The maximum absolute atomic E-state index is 11.0. The van der Waals surface area contributed by atoms with E-state index in [9.17, 15) is 10.1 Å². The zero-order chi connectivity index (χ0) is 14.5. The van der Waals surface area contributed by atoms with E-state index in [0.717, 1.165) is 0 Å². The van der Waals surface area contributed by atoms with Gasteiger partial charge in [-0.3, -0.25) is 15.1 Å². The Morgan fingerprint density at radius 1 is 1.35 bits per heavy atom. The predicted octanol–water partition coefficient (Wildman–Crippen LogP) is 2.63. The van der Waals surface area contributed by atoms with E-state index in [1.165, 1.54) is 31.6 Å². The Bertz CT molecular complexity index is 619. The summed E-state index contributed by atoms with van der Waals surface area (Å²) in [4.78, 5) is 18.3. The second-order valence-electron chi connectivity index (χ2n) is 3.71. The third-order valence-corrected chi connectivity index (χ3v) is 2.61. The van der Waals surface area contributed by atoms with E-state index >= 15 is 0 Å². The molecular weight excluding hydrogens is 286 g/mol. The molecule has 8 heteroatoms. The van der Waals surface area contributed by atoms with E-state index in [2.05, 4.69) is 9.97 Å². The number of ether oxygens (including phenoxy) is 2. The molecule has 1 aromatic carbocycles. The molecule has 0 radical (unpaired) electrons. The molecule has 2 rings (SSSR count). The van der Waals surface area contributed by atoms with Crippen molar-refractivity contribution in [1.82, 2.24) is 9.97 Å². The van der Waals surface area contributed by atoms with Crippen LogP contribution in [0.4, 0.5) is 5.69 Å². The molecule has 0 saturated carbocycles. The fourth-order valence-corrected chi connectivity index (χ4v) is 1.55. The number of nitro groups is 1. The monoisotopic (exact) mass is 295 g/mol. The highest BCUT2D eigenvalue weighted by atomic mass is 35.5. The Morgan fingerprint density at radius 3 is 2.75 bits per heavy atom. The Labute approximate surface area is 119 Å². The summed E-state index contributed by atoms with van der Waals surface area (Å²) in [6, 6.07) is 4.35. The summed E-state index contributed by atoms with van der Waals surface area (Å²) in [5.74, 6) is 0.517. The van der Waals surface area contributed by atoms with Gasteiger partial charge in [-0.05, 0) is 12.1 Å². The van der Waals surface area contributed by atoms with Gasteiger partial charge in [0.15, 0.2) is 5.75 Å². The quantitative estimate of drug-likeness (QED) is 0.622. The van der Waals surface area contributed by atoms with Crippen molar-refractivity contribution < 1.29 is 14.4 Å². The fraction of sp³-hybridized carbons (Fsp3) is 0.167. The SMILES string of the molecule is COc1ccc(OCc2cnc(Cl)cn2)c([N+](=O)[O-])c1. The molecule has 0 bridgehead atoms. The van der Waals surface area contributed by atoms with Crippen molar-refractivity contribution in [2.75, 3.05) is 7.11 Å². The van der Waals surface area contributed by atoms with Gasteiger partial charge in [0.25, 0.3) is 0 Å². The molecule has 0 amide bonds. The van der Waals surface area contributed by atoms with Crippen molar-refractivity contribution in [1.29, 1.82) is 0 Å². The second kappa shape index (κ2) is 6.16. The lowest BCUT2D eigenvalue weighted by Gasteiger charge is -2.07. The first kappa shape index (κ1) is 14.0. The lowest BCUT2D eigenvalue weighted by molar-refractivity contribution is -0.386. The van der Waals surface area contributed by atoms with E-state index in [-0.39, 0.29) is 23.2 Å². The summed E-state index contributed by atoms with van der Waals surface area (Å²) in [5.41, 5.74) is 0.339. The number of methoxy groups -OCH3 is 1. The molecule has 1 aromatic heterocycles. The van der Waals surface area contributed by atoms with Crippen molar-refractivity contribution in [2.24, 2.45) is 0 Å². The normalized spacial score (nSPS) is 10.1. The molecule has 20 heavy (non-hydrogen) atoms. The number of aromatic nitrogens is 2. The van der Waals surface area contributed by atoms with Gasteiger partial charge >= 0.3 is 5.69 Å². The summed E-state index contributed by atoms with van der Waals surface area (Å²) < 4.78 is 10.3. The Kier molecular flexibility index (Phi) is 4.31. The zero-order valence-corrected chi connectivity index (χ0v) is 11.2. The van der Waals surface area contributed by atoms with Gasteiger partial charge in [-0.2, -0.15) is 0 Å². The largest absolute Gasteiger partial charge is 0.496 e. The van der Waals surface area contributed by atoms with Gasteiger partial charge in [-0.1, -0.05) is 11.6 Å². The van der Waals surface area contributed by atoms with Crippen LogP contribution in [0.15, 0.2) is 30.6 Å². The maximum Gasteiger partial charge on any atom is 0.314 e. The molecule has 0 aliphatic rings. The highest BCUT2D eigenvalue weighted by Crippen LogP contribution is 2.31. The van der Waals surface area contributed by atoms with Crippen LogP contribution in [-0.2, 0) is 6.61 Å². The van der Waals surface area contributed by atoms with E-state index < -0.39 is 4.92 Å². The summed E-state index contributed by atoms with van der Waals surface area (Å²) in [6.07, 6.45) is 2.82. The minimum Gasteiger partial charge on any atom is -0.496 e. The number of nitrogens with zero attached hydrogens (tertiary/aromatic N) is 3. The standard InChI is InChI=1S/C12H10ClN3O4/c1-19-9-2-3-11(10(4-9)16(17)18)20-7-8-5-15-12(13)6-14-8/h2-6H,7H2,1H3. The van der Waals surface area contributed by atoms with Crippen LogP contribution in [0.1, 0.15) is 5.69 Å². The molecule has 0 fully saturated rings. The molecule has 0 saturated heterocycles. The minimum absolute atomic E-state index is 0.0529. The first-order valence-corrected chi connectivity index (χ1v) is 5.89. The van der Waals surface area contributed by atoms with Crippen LogP contribution in [-0.4, -0.2) is 22.0 Å². The Morgan fingerprint density at radius 2 is 2.15 bits per heavy atom. The zero-order valence-electron chi connectivity index (χ0n) is 10.4. The van der Waals surface area contributed by atoms with Gasteiger partial charge in [0.05, 0.1) is 36.2 Å². The van der Waals surface area contributed by atoms with Crippen LogP contribution in [0.5, 0.6) is 11.5 Å². The highest BCUT2D eigenvalue weighted by Gasteiger charge is 2.16. The third kappa shape index (κ3) is 3.33. The summed E-state index contributed by atoms with van der Waals surface area (Å²) in [7, 11) is 1.43. The Hall–Kier alpha value is -2.41. The van der Waals surface area contributed by atoms with Crippen LogP contribution in [0.2, 0.25) is 5.15 Å². The van der Waals surface area contributed by atoms with Crippen molar-refractivity contribution in [3.8, 4) is 11.5 Å². The fourth-order valence-electron chi connectivity index (χ4n) is 1.45. The maximum atomic E-state index is 11.0. The van der Waals surface area contributed by atoms with Gasteiger partial charge in [-0.15, -0.1) is 0 Å². The summed E-state index contributed by atoms with van der Waals surface area (Å²) in [5, 5.41) is 11.2. The van der Waals surface area contributed by atoms with Crippen LogP contribution >= 0.6 is 11.6 Å². The highest BCUT2D eigenvalue weighted by molar-refractivity contribution is 6.29. The van der Waals surface area contributed by atoms with Crippen molar-refractivity contribution in [3.63, 3.8) is 0 Å². The van der Waals surface area contributed by atoms with E-state index in [1.807, 2.05) is 0 Å². The smallest absolute Gasteiger partial charge is 0.314 e. The number of rotatable bonds is 5. The van der Waals surface area contributed by atoms with Gasteiger partial charge in [0.2, 0.25) is 0 Å². The lowest BCUT2D eigenvalue weighted by atomic mass is 10.3. The minimum atomic E-state index is -0.536. The number of halogens is 1.